The highest BCUT2D eigenvalue weighted by atomic mass is 16.5. The highest BCUT2D eigenvalue weighted by Crippen LogP contribution is 2.25. The van der Waals surface area contributed by atoms with E-state index in [9.17, 15) is 14.8 Å². The van der Waals surface area contributed by atoms with E-state index in [4.69, 9.17) is 0 Å². The molecule has 0 atom stereocenters. The fraction of sp³-hybridized carbons (Fsp3) is 0.227. The number of fused-ring (bicyclic) bond motifs is 1. The molecule has 1 aromatic heterocycles. The average molecular weight is 375 g/mol. The molecule has 0 radical (unpaired) electrons. The molecule has 6 heteroatoms. The van der Waals surface area contributed by atoms with Crippen LogP contribution in [0.2, 0.25) is 0 Å². The molecule has 1 heterocycles. The Labute approximate surface area is 162 Å². The third-order valence-electron chi connectivity index (χ3n) is 5.23. The second kappa shape index (κ2) is 7.68. The van der Waals surface area contributed by atoms with Gasteiger partial charge in [-0.1, -0.05) is 42.8 Å². The van der Waals surface area contributed by atoms with E-state index in [1.54, 1.807) is 12.1 Å². The number of aromatic nitrogens is 1. The van der Waals surface area contributed by atoms with Gasteiger partial charge in [-0.05, 0) is 41.7 Å². The third kappa shape index (κ3) is 3.53. The SMILES string of the molecule is O=C(Nc1ccc[n+]([O-])c1C(=O)NCC1CCC1)c1cccc2ccccc12. The number of rotatable bonds is 5. The maximum Gasteiger partial charge on any atom is 0.319 e. The minimum Gasteiger partial charge on any atom is -0.618 e. The maximum atomic E-state index is 12.9. The van der Waals surface area contributed by atoms with Crippen LogP contribution in [0.1, 0.15) is 40.1 Å². The molecule has 1 aliphatic rings. The van der Waals surface area contributed by atoms with Crippen LogP contribution < -0.4 is 15.4 Å². The molecule has 1 fully saturated rings. The van der Waals surface area contributed by atoms with Gasteiger partial charge in [0.1, 0.15) is 5.69 Å². The first-order chi connectivity index (χ1) is 13.6. The van der Waals surface area contributed by atoms with E-state index < -0.39 is 5.91 Å². The first-order valence-electron chi connectivity index (χ1n) is 9.43. The van der Waals surface area contributed by atoms with Crippen molar-refractivity contribution in [1.82, 2.24) is 5.32 Å². The second-order valence-corrected chi connectivity index (χ2v) is 7.08. The van der Waals surface area contributed by atoms with Crippen LogP contribution >= 0.6 is 0 Å². The minimum absolute atomic E-state index is 0.101. The summed E-state index contributed by atoms with van der Waals surface area (Å²) in [5.41, 5.74) is 0.581. The van der Waals surface area contributed by atoms with E-state index in [1.807, 2.05) is 36.4 Å². The molecule has 1 aliphatic carbocycles. The summed E-state index contributed by atoms with van der Waals surface area (Å²) in [5, 5.41) is 19.5. The number of amides is 2. The zero-order chi connectivity index (χ0) is 19.5. The molecule has 2 aromatic carbocycles. The van der Waals surface area contributed by atoms with E-state index in [1.165, 1.54) is 18.7 Å². The molecule has 0 spiro atoms. The van der Waals surface area contributed by atoms with Crippen molar-refractivity contribution in [2.75, 3.05) is 11.9 Å². The Morgan fingerprint density at radius 2 is 1.79 bits per heavy atom. The van der Waals surface area contributed by atoms with Crippen molar-refractivity contribution < 1.29 is 14.3 Å². The van der Waals surface area contributed by atoms with Crippen molar-refractivity contribution in [2.24, 2.45) is 5.92 Å². The Balaban J connectivity index is 1.59. The van der Waals surface area contributed by atoms with Crippen LogP contribution in [0.4, 0.5) is 5.69 Å². The summed E-state index contributed by atoms with van der Waals surface area (Å²) in [7, 11) is 0. The van der Waals surface area contributed by atoms with E-state index in [0.29, 0.717) is 22.8 Å². The predicted octanol–water partition coefficient (Wildman–Crippen LogP) is 3.26. The van der Waals surface area contributed by atoms with Gasteiger partial charge in [0.25, 0.3) is 5.91 Å². The summed E-state index contributed by atoms with van der Waals surface area (Å²) in [4.78, 5) is 25.5. The van der Waals surface area contributed by atoms with Crippen molar-refractivity contribution in [1.29, 1.82) is 0 Å². The number of nitrogens with zero attached hydrogens (tertiary/aromatic N) is 1. The topological polar surface area (TPSA) is 85.1 Å². The number of carbonyl (C=O) groups is 2. The van der Waals surface area contributed by atoms with Gasteiger partial charge in [-0.25, -0.2) is 0 Å². The number of anilines is 1. The monoisotopic (exact) mass is 375 g/mol. The zero-order valence-corrected chi connectivity index (χ0v) is 15.4. The normalized spacial score (nSPS) is 13.7. The first kappa shape index (κ1) is 18.0. The van der Waals surface area contributed by atoms with Gasteiger partial charge < -0.3 is 15.8 Å². The van der Waals surface area contributed by atoms with Crippen molar-refractivity contribution >= 4 is 28.3 Å². The summed E-state index contributed by atoms with van der Waals surface area (Å²) in [6.45, 7) is 0.546. The predicted molar refractivity (Wildman–Crippen MR) is 107 cm³/mol. The van der Waals surface area contributed by atoms with E-state index in [-0.39, 0.29) is 17.3 Å². The number of benzene rings is 2. The second-order valence-electron chi connectivity index (χ2n) is 7.08. The fourth-order valence-electron chi connectivity index (χ4n) is 3.44. The number of carbonyl (C=O) groups excluding carboxylic acids is 2. The van der Waals surface area contributed by atoms with Crippen LogP contribution in [0.5, 0.6) is 0 Å². The van der Waals surface area contributed by atoms with Crippen LogP contribution in [0, 0.1) is 11.1 Å². The van der Waals surface area contributed by atoms with E-state index >= 15 is 0 Å². The quantitative estimate of drug-likeness (QED) is 0.530. The smallest absolute Gasteiger partial charge is 0.319 e. The van der Waals surface area contributed by atoms with Crippen molar-refractivity contribution in [3.63, 3.8) is 0 Å². The molecular formula is C22H21N3O3. The Kier molecular flexibility index (Phi) is 4.93. The van der Waals surface area contributed by atoms with Crippen LogP contribution in [0.3, 0.4) is 0 Å². The van der Waals surface area contributed by atoms with Gasteiger partial charge in [0.15, 0.2) is 6.20 Å². The highest BCUT2D eigenvalue weighted by Gasteiger charge is 2.25. The van der Waals surface area contributed by atoms with Crippen LogP contribution in [-0.2, 0) is 0 Å². The molecule has 4 rings (SSSR count). The maximum absolute atomic E-state index is 12.9. The molecule has 2 N–H and O–H groups in total. The minimum atomic E-state index is -0.476. The molecular weight excluding hydrogens is 354 g/mol. The average Bonchev–Trinajstić information content (AvgIpc) is 2.66. The first-order valence-corrected chi connectivity index (χ1v) is 9.43. The van der Waals surface area contributed by atoms with Crippen LogP contribution in [-0.4, -0.2) is 18.4 Å². The lowest BCUT2D eigenvalue weighted by molar-refractivity contribution is -0.607. The summed E-state index contributed by atoms with van der Waals surface area (Å²) in [5.74, 6) is -0.367. The molecule has 0 aliphatic heterocycles. The lowest BCUT2D eigenvalue weighted by Crippen LogP contribution is -2.42. The van der Waals surface area contributed by atoms with Crippen molar-refractivity contribution in [2.45, 2.75) is 19.3 Å². The number of hydrogen-bond acceptors (Lipinski definition) is 3. The number of pyridine rings is 1. The van der Waals surface area contributed by atoms with Gasteiger partial charge in [0, 0.05) is 18.2 Å². The molecule has 0 bridgehead atoms. The molecule has 0 saturated heterocycles. The molecule has 0 unspecified atom stereocenters. The van der Waals surface area contributed by atoms with Gasteiger partial charge >= 0.3 is 11.6 Å². The Hall–Kier alpha value is -3.41. The van der Waals surface area contributed by atoms with Crippen LogP contribution in [0.15, 0.2) is 60.8 Å². The molecule has 6 nitrogen and oxygen atoms in total. The molecule has 2 amide bonds. The summed E-state index contributed by atoms with van der Waals surface area (Å²) in [6.07, 6.45) is 4.62. The summed E-state index contributed by atoms with van der Waals surface area (Å²) >= 11 is 0. The third-order valence-corrected chi connectivity index (χ3v) is 5.23. The van der Waals surface area contributed by atoms with Crippen molar-refractivity contribution in [3.8, 4) is 0 Å². The van der Waals surface area contributed by atoms with Gasteiger partial charge in [0.05, 0.1) is 0 Å². The van der Waals surface area contributed by atoms with Gasteiger partial charge in [-0.3, -0.25) is 9.59 Å². The number of nitrogens with one attached hydrogen (secondary N) is 2. The number of hydrogen-bond donors (Lipinski definition) is 2. The fourth-order valence-corrected chi connectivity index (χ4v) is 3.44. The molecule has 28 heavy (non-hydrogen) atoms. The molecule has 1 saturated carbocycles. The Bertz CT molecular complexity index is 1040. The van der Waals surface area contributed by atoms with Gasteiger partial charge in [-0.15, -0.1) is 0 Å². The van der Waals surface area contributed by atoms with Gasteiger partial charge in [-0.2, -0.15) is 4.73 Å². The molecule has 3 aromatic rings. The zero-order valence-electron chi connectivity index (χ0n) is 15.4. The lowest BCUT2D eigenvalue weighted by atomic mass is 9.85. The van der Waals surface area contributed by atoms with Crippen LogP contribution in [0.25, 0.3) is 10.8 Å². The largest absolute Gasteiger partial charge is 0.618 e. The molecule has 142 valence electrons. The summed E-state index contributed by atoms with van der Waals surface area (Å²) < 4.78 is 0.495. The van der Waals surface area contributed by atoms with Crippen molar-refractivity contribution in [3.05, 3.63) is 77.3 Å². The summed E-state index contributed by atoms with van der Waals surface area (Å²) in [6, 6.07) is 16.1. The van der Waals surface area contributed by atoms with Gasteiger partial charge in [0.2, 0.25) is 0 Å². The lowest BCUT2D eigenvalue weighted by Gasteiger charge is -2.25. The van der Waals surface area contributed by atoms with E-state index in [0.717, 1.165) is 23.6 Å². The Morgan fingerprint density at radius 3 is 2.57 bits per heavy atom. The van der Waals surface area contributed by atoms with E-state index in [2.05, 4.69) is 10.6 Å². The highest BCUT2D eigenvalue weighted by molar-refractivity contribution is 6.14. The standard InChI is InChI=1S/C22H21N3O3/c26-21(18-11-4-9-16-8-1-2-10-17(16)18)24-19-12-5-13-25(28)20(19)22(27)23-14-15-6-3-7-15/h1-2,4-5,8-13,15H,3,6-7,14H2,(H,23,27)(H,24,26). The Morgan fingerprint density at radius 1 is 1.00 bits per heavy atom.